The van der Waals surface area contributed by atoms with Gasteiger partial charge in [0.25, 0.3) is 0 Å². The number of carbonyl (C=O) groups excluding carboxylic acids is 1. The minimum absolute atomic E-state index is 0.0850. The molecule has 1 heterocycles. The molecule has 2 aliphatic rings. The fourth-order valence-electron chi connectivity index (χ4n) is 3.45. The fraction of sp³-hybridized carbons (Fsp3) is 0.941. The van der Waals surface area contributed by atoms with Crippen molar-refractivity contribution in [3.63, 3.8) is 0 Å². The molecule has 1 unspecified atom stereocenters. The Morgan fingerprint density at radius 2 is 1.91 bits per heavy atom. The molecule has 0 aromatic heterocycles. The van der Waals surface area contributed by atoms with Crippen molar-refractivity contribution in [3.05, 3.63) is 0 Å². The molecule has 5 nitrogen and oxygen atoms in total. The topological polar surface area (TPSA) is 53.0 Å². The van der Waals surface area contributed by atoms with Gasteiger partial charge >= 0.3 is 0 Å². The molecule has 2 fully saturated rings. The van der Waals surface area contributed by atoms with Crippen LogP contribution in [0.15, 0.2) is 0 Å². The minimum atomic E-state index is -0.776. The molecule has 0 radical (unpaired) electrons. The minimum Gasteiger partial charge on any atom is -0.389 e. The van der Waals surface area contributed by atoms with E-state index in [9.17, 15) is 9.90 Å². The molecule has 128 valence electrons. The molecule has 1 saturated heterocycles. The van der Waals surface area contributed by atoms with Gasteiger partial charge in [0.15, 0.2) is 0 Å². The van der Waals surface area contributed by atoms with E-state index in [0.717, 1.165) is 51.7 Å². The van der Waals surface area contributed by atoms with Crippen molar-refractivity contribution in [2.45, 2.75) is 63.1 Å². The van der Waals surface area contributed by atoms with Crippen LogP contribution in [-0.4, -0.2) is 72.9 Å². The second-order valence-corrected chi connectivity index (χ2v) is 7.24. The average molecular weight is 312 g/mol. The van der Waals surface area contributed by atoms with Gasteiger partial charge in [-0.15, -0.1) is 0 Å². The van der Waals surface area contributed by atoms with Crippen LogP contribution in [0.2, 0.25) is 0 Å². The highest BCUT2D eigenvalue weighted by Crippen LogP contribution is 2.31. The lowest BCUT2D eigenvalue weighted by atomic mass is 9.82. The molecule has 1 amide bonds. The summed E-state index contributed by atoms with van der Waals surface area (Å²) in [4.78, 5) is 16.7. The summed E-state index contributed by atoms with van der Waals surface area (Å²) in [7, 11) is 4.03. The molecule has 1 saturated carbocycles. The fourth-order valence-corrected chi connectivity index (χ4v) is 3.45. The molecular formula is C17H32N2O3. The number of amides is 1. The monoisotopic (exact) mass is 312 g/mol. The van der Waals surface area contributed by atoms with Crippen molar-refractivity contribution in [2.75, 3.05) is 40.3 Å². The summed E-state index contributed by atoms with van der Waals surface area (Å²) < 4.78 is 5.69. The van der Waals surface area contributed by atoms with Crippen LogP contribution in [0.1, 0.15) is 51.4 Å². The smallest absolute Gasteiger partial charge is 0.225 e. The first-order valence-electron chi connectivity index (χ1n) is 8.75. The van der Waals surface area contributed by atoms with Crippen LogP contribution in [0.5, 0.6) is 0 Å². The molecule has 0 bridgehead atoms. The predicted octanol–water partition coefficient (Wildman–Crippen LogP) is 1.64. The zero-order chi connectivity index (χ0) is 16.0. The third kappa shape index (κ3) is 5.52. The van der Waals surface area contributed by atoms with Crippen LogP contribution in [0.3, 0.4) is 0 Å². The van der Waals surface area contributed by atoms with Gasteiger partial charge in [-0.25, -0.2) is 0 Å². The van der Waals surface area contributed by atoms with Crippen LogP contribution in [-0.2, 0) is 9.53 Å². The summed E-state index contributed by atoms with van der Waals surface area (Å²) in [6.45, 7) is 3.03. The van der Waals surface area contributed by atoms with Crippen LogP contribution in [0.4, 0.5) is 0 Å². The quantitative estimate of drug-likeness (QED) is 0.776. The first-order chi connectivity index (χ1) is 10.5. The van der Waals surface area contributed by atoms with Crippen molar-refractivity contribution in [1.82, 2.24) is 9.80 Å². The zero-order valence-electron chi connectivity index (χ0n) is 14.2. The van der Waals surface area contributed by atoms with Crippen molar-refractivity contribution >= 4 is 5.91 Å². The third-order valence-corrected chi connectivity index (χ3v) is 4.88. The van der Waals surface area contributed by atoms with Gasteiger partial charge in [-0.3, -0.25) is 4.79 Å². The Balaban J connectivity index is 1.91. The largest absolute Gasteiger partial charge is 0.389 e. The summed E-state index contributed by atoms with van der Waals surface area (Å²) in [6.07, 6.45) is 7.34. The van der Waals surface area contributed by atoms with Gasteiger partial charge in [0, 0.05) is 26.2 Å². The standard InChI is InChI=1S/C17H32N2O3/c1-18(2)10-11-19(14-15-7-6-12-22-15)16(20)13-17(21)8-4-3-5-9-17/h15,21H,3-14H2,1-2H3. The number of ether oxygens (including phenoxy) is 1. The van der Waals surface area contributed by atoms with Gasteiger partial charge in [0.2, 0.25) is 5.91 Å². The van der Waals surface area contributed by atoms with E-state index in [1.54, 1.807) is 0 Å². The van der Waals surface area contributed by atoms with Crippen molar-refractivity contribution < 1.29 is 14.6 Å². The van der Waals surface area contributed by atoms with Crippen LogP contribution in [0.25, 0.3) is 0 Å². The SMILES string of the molecule is CN(C)CCN(CC1CCCO1)C(=O)CC1(O)CCCCC1. The van der Waals surface area contributed by atoms with Gasteiger partial charge in [0.1, 0.15) is 0 Å². The first kappa shape index (κ1) is 17.7. The van der Waals surface area contributed by atoms with Crippen LogP contribution < -0.4 is 0 Å². The lowest BCUT2D eigenvalue weighted by molar-refractivity contribution is -0.139. The molecule has 22 heavy (non-hydrogen) atoms. The maximum Gasteiger partial charge on any atom is 0.225 e. The van der Waals surface area contributed by atoms with E-state index in [2.05, 4.69) is 4.90 Å². The Morgan fingerprint density at radius 3 is 2.50 bits per heavy atom. The summed E-state index contributed by atoms with van der Waals surface area (Å²) in [6, 6.07) is 0. The van der Waals surface area contributed by atoms with Crippen LogP contribution in [0, 0.1) is 0 Å². The van der Waals surface area contributed by atoms with Gasteiger partial charge < -0.3 is 19.6 Å². The van der Waals surface area contributed by atoms with Crippen molar-refractivity contribution in [3.8, 4) is 0 Å². The number of hydrogen-bond donors (Lipinski definition) is 1. The number of hydrogen-bond acceptors (Lipinski definition) is 4. The molecule has 0 spiro atoms. The second kappa shape index (κ2) is 8.27. The molecule has 5 heteroatoms. The van der Waals surface area contributed by atoms with Gasteiger partial charge in [-0.1, -0.05) is 19.3 Å². The highest BCUT2D eigenvalue weighted by Gasteiger charge is 2.34. The van der Waals surface area contributed by atoms with Gasteiger partial charge in [0.05, 0.1) is 18.1 Å². The number of rotatable bonds is 7. The molecule has 0 aromatic rings. The highest BCUT2D eigenvalue weighted by atomic mass is 16.5. The molecule has 0 aromatic carbocycles. The maximum absolute atomic E-state index is 12.7. The van der Waals surface area contributed by atoms with Gasteiger partial charge in [-0.05, 0) is 39.8 Å². The number of aliphatic hydroxyl groups is 1. The Hall–Kier alpha value is -0.650. The van der Waals surface area contributed by atoms with E-state index in [1.165, 1.54) is 6.42 Å². The summed E-state index contributed by atoms with van der Waals surface area (Å²) in [5.41, 5.74) is -0.776. The van der Waals surface area contributed by atoms with E-state index in [1.807, 2.05) is 19.0 Å². The highest BCUT2D eigenvalue weighted by molar-refractivity contribution is 5.77. The Labute approximate surface area is 134 Å². The third-order valence-electron chi connectivity index (χ3n) is 4.88. The van der Waals surface area contributed by atoms with E-state index in [0.29, 0.717) is 13.1 Å². The van der Waals surface area contributed by atoms with E-state index in [4.69, 9.17) is 4.74 Å². The molecule has 1 aliphatic carbocycles. The van der Waals surface area contributed by atoms with E-state index in [-0.39, 0.29) is 18.4 Å². The Bertz CT molecular complexity index is 348. The maximum atomic E-state index is 12.7. The average Bonchev–Trinajstić information content (AvgIpc) is 2.96. The number of nitrogens with zero attached hydrogens (tertiary/aromatic N) is 2. The summed E-state index contributed by atoms with van der Waals surface area (Å²) in [5.74, 6) is 0.0850. The van der Waals surface area contributed by atoms with E-state index < -0.39 is 5.60 Å². The number of carbonyl (C=O) groups is 1. The number of likely N-dealkylation sites (N-methyl/N-ethyl adjacent to an activating group) is 1. The van der Waals surface area contributed by atoms with E-state index >= 15 is 0 Å². The lowest BCUT2D eigenvalue weighted by Gasteiger charge is -2.34. The predicted molar refractivity (Wildman–Crippen MR) is 86.8 cm³/mol. The molecule has 1 atom stereocenters. The molecule has 2 rings (SSSR count). The Morgan fingerprint density at radius 1 is 1.18 bits per heavy atom. The van der Waals surface area contributed by atoms with Crippen LogP contribution >= 0.6 is 0 Å². The zero-order valence-corrected chi connectivity index (χ0v) is 14.2. The summed E-state index contributed by atoms with van der Waals surface area (Å²) in [5, 5.41) is 10.6. The lowest BCUT2D eigenvalue weighted by Crippen LogP contribution is -2.45. The van der Waals surface area contributed by atoms with Gasteiger partial charge in [-0.2, -0.15) is 0 Å². The summed E-state index contributed by atoms with van der Waals surface area (Å²) >= 11 is 0. The first-order valence-corrected chi connectivity index (χ1v) is 8.75. The van der Waals surface area contributed by atoms with Crippen molar-refractivity contribution in [1.29, 1.82) is 0 Å². The molecular weight excluding hydrogens is 280 g/mol. The second-order valence-electron chi connectivity index (χ2n) is 7.24. The Kier molecular flexibility index (Phi) is 6.66. The molecule has 1 aliphatic heterocycles. The normalized spacial score (nSPS) is 24.6. The molecule has 1 N–H and O–H groups in total. The van der Waals surface area contributed by atoms with Crippen molar-refractivity contribution in [2.24, 2.45) is 0 Å².